The highest BCUT2D eigenvalue weighted by molar-refractivity contribution is 4.42. The Morgan fingerprint density at radius 2 is 0.667 bits per heavy atom. The molecule has 21 heavy (non-hydrogen) atoms. The van der Waals surface area contributed by atoms with Crippen LogP contribution in [0.15, 0.2) is 0 Å². The third-order valence-corrected chi connectivity index (χ3v) is 2.81. The number of unbranched alkanes of at least 4 members (excludes halogenated alkanes) is 2. The highest BCUT2D eigenvalue weighted by Gasteiger charge is 1.93. The summed E-state index contributed by atoms with van der Waals surface area (Å²) in [6.07, 6.45) is 4.21. The van der Waals surface area contributed by atoms with E-state index in [1.54, 1.807) is 0 Å². The standard InChI is InChI=1S/C16H34O5/c1-3-17-13-15-20-11-7-5-9-19-10-6-8-12-21-16-14-18-4-2/h3-16H2,1-2H3. The lowest BCUT2D eigenvalue weighted by Crippen LogP contribution is -2.07. The molecule has 0 aromatic rings. The maximum atomic E-state index is 5.56. The van der Waals surface area contributed by atoms with Gasteiger partial charge in [0.15, 0.2) is 0 Å². The molecule has 0 rings (SSSR count). The van der Waals surface area contributed by atoms with Crippen LogP contribution in [-0.2, 0) is 23.7 Å². The zero-order chi connectivity index (χ0) is 15.4. The fourth-order valence-corrected chi connectivity index (χ4v) is 1.65. The Labute approximate surface area is 130 Å². The predicted octanol–water partition coefficient (Wildman–Crippen LogP) is 2.67. The van der Waals surface area contributed by atoms with Gasteiger partial charge in [-0.1, -0.05) is 0 Å². The van der Waals surface area contributed by atoms with E-state index in [1.165, 1.54) is 0 Å². The van der Waals surface area contributed by atoms with Crippen molar-refractivity contribution >= 4 is 0 Å². The van der Waals surface area contributed by atoms with Gasteiger partial charge >= 0.3 is 0 Å². The number of hydrogen-bond acceptors (Lipinski definition) is 5. The van der Waals surface area contributed by atoms with Crippen LogP contribution < -0.4 is 0 Å². The normalized spacial score (nSPS) is 11.1. The van der Waals surface area contributed by atoms with E-state index in [0.29, 0.717) is 26.4 Å². The first-order valence-electron chi connectivity index (χ1n) is 8.30. The molecule has 0 aliphatic heterocycles. The zero-order valence-corrected chi connectivity index (χ0v) is 13.9. The van der Waals surface area contributed by atoms with Crippen LogP contribution in [0.25, 0.3) is 0 Å². The van der Waals surface area contributed by atoms with Gasteiger partial charge in [0, 0.05) is 39.6 Å². The molecule has 0 saturated carbocycles. The van der Waals surface area contributed by atoms with Crippen LogP contribution >= 0.6 is 0 Å². The Morgan fingerprint density at radius 1 is 0.381 bits per heavy atom. The molecule has 0 aromatic carbocycles. The molecule has 0 atom stereocenters. The topological polar surface area (TPSA) is 46.2 Å². The predicted molar refractivity (Wildman–Crippen MR) is 83.9 cm³/mol. The van der Waals surface area contributed by atoms with Crippen LogP contribution in [0, 0.1) is 0 Å². The van der Waals surface area contributed by atoms with Gasteiger partial charge in [0.2, 0.25) is 0 Å². The Bertz CT molecular complexity index is 160. The molecule has 0 fully saturated rings. The molecule has 0 N–H and O–H groups in total. The van der Waals surface area contributed by atoms with Crippen LogP contribution in [0.3, 0.4) is 0 Å². The molecule has 5 heteroatoms. The summed E-state index contributed by atoms with van der Waals surface area (Å²) in [4.78, 5) is 0. The molecule has 0 aromatic heterocycles. The second-order valence-corrected chi connectivity index (χ2v) is 4.65. The smallest absolute Gasteiger partial charge is 0.0700 e. The van der Waals surface area contributed by atoms with Crippen LogP contribution in [0.4, 0.5) is 0 Å². The van der Waals surface area contributed by atoms with Gasteiger partial charge in [0.25, 0.3) is 0 Å². The first-order chi connectivity index (χ1) is 10.4. The van der Waals surface area contributed by atoms with Gasteiger partial charge in [0.1, 0.15) is 0 Å². The van der Waals surface area contributed by atoms with Crippen molar-refractivity contribution in [2.45, 2.75) is 39.5 Å². The summed E-state index contributed by atoms with van der Waals surface area (Å²) in [7, 11) is 0. The van der Waals surface area contributed by atoms with Crippen molar-refractivity contribution in [1.82, 2.24) is 0 Å². The minimum absolute atomic E-state index is 0.692. The quantitative estimate of drug-likeness (QED) is 0.364. The average Bonchev–Trinajstić information content (AvgIpc) is 2.50. The summed E-state index contributed by atoms with van der Waals surface area (Å²) in [5, 5.41) is 0. The fourth-order valence-electron chi connectivity index (χ4n) is 1.65. The molecule has 0 heterocycles. The van der Waals surface area contributed by atoms with Gasteiger partial charge in [-0.2, -0.15) is 0 Å². The van der Waals surface area contributed by atoms with Crippen LogP contribution in [-0.4, -0.2) is 66.1 Å². The third-order valence-electron chi connectivity index (χ3n) is 2.81. The van der Waals surface area contributed by atoms with Crippen LogP contribution in [0.2, 0.25) is 0 Å². The summed E-state index contributed by atoms with van der Waals surface area (Å²) >= 11 is 0. The summed E-state index contributed by atoms with van der Waals surface area (Å²) < 4.78 is 26.8. The monoisotopic (exact) mass is 306 g/mol. The summed E-state index contributed by atoms with van der Waals surface area (Å²) in [6.45, 7) is 11.5. The van der Waals surface area contributed by atoms with Gasteiger partial charge < -0.3 is 23.7 Å². The van der Waals surface area contributed by atoms with Gasteiger partial charge in [-0.05, 0) is 39.5 Å². The van der Waals surface area contributed by atoms with Crippen molar-refractivity contribution in [3.8, 4) is 0 Å². The van der Waals surface area contributed by atoms with Gasteiger partial charge in [0.05, 0.1) is 26.4 Å². The van der Waals surface area contributed by atoms with Crippen molar-refractivity contribution in [2.75, 3.05) is 66.1 Å². The fraction of sp³-hybridized carbons (Fsp3) is 1.00. The molecule has 0 aliphatic carbocycles. The summed E-state index contributed by atoms with van der Waals surface area (Å²) in [6, 6.07) is 0. The molecule has 0 saturated heterocycles. The van der Waals surface area contributed by atoms with Gasteiger partial charge in [-0.3, -0.25) is 0 Å². The Kier molecular flexibility index (Phi) is 19.6. The van der Waals surface area contributed by atoms with Crippen molar-refractivity contribution in [3.05, 3.63) is 0 Å². The maximum absolute atomic E-state index is 5.56. The van der Waals surface area contributed by atoms with Crippen molar-refractivity contribution in [2.24, 2.45) is 0 Å². The largest absolute Gasteiger partial charge is 0.381 e. The minimum atomic E-state index is 0.692. The lowest BCUT2D eigenvalue weighted by molar-refractivity contribution is 0.0436. The van der Waals surface area contributed by atoms with Gasteiger partial charge in [-0.15, -0.1) is 0 Å². The Morgan fingerprint density at radius 3 is 1.00 bits per heavy atom. The Balaban J connectivity index is 2.90. The molecular weight excluding hydrogens is 272 g/mol. The van der Waals surface area contributed by atoms with Crippen LogP contribution in [0.1, 0.15) is 39.5 Å². The summed E-state index contributed by atoms with van der Waals surface area (Å²) in [5.41, 5.74) is 0. The summed E-state index contributed by atoms with van der Waals surface area (Å²) in [5.74, 6) is 0. The van der Waals surface area contributed by atoms with Crippen molar-refractivity contribution in [3.63, 3.8) is 0 Å². The first-order valence-corrected chi connectivity index (χ1v) is 8.30. The number of hydrogen-bond donors (Lipinski definition) is 0. The molecule has 5 nitrogen and oxygen atoms in total. The SMILES string of the molecule is CCOCCOCCCCOCCCCOCCOCC. The lowest BCUT2D eigenvalue weighted by Gasteiger charge is -2.06. The molecular formula is C16H34O5. The van der Waals surface area contributed by atoms with E-state index in [4.69, 9.17) is 23.7 Å². The molecule has 0 amide bonds. The van der Waals surface area contributed by atoms with E-state index in [-0.39, 0.29) is 0 Å². The van der Waals surface area contributed by atoms with Crippen molar-refractivity contribution < 1.29 is 23.7 Å². The second kappa shape index (κ2) is 19.8. The highest BCUT2D eigenvalue weighted by atomic mass is 16.5. The number of rotatable bonds is 18. The van der Waals surface area contributed by atoms with Crippen molar-refractivity contribution in [1.29, 1.82) is 0 Å². The lowest BCUT2D eigenvalue weighted by atomic mass is 10.3. The highest BCUT2D eigenvalue weighted by Crippen LogP contribution is 1.95. The Hall–Kier alpha value is -0.200. The first kappa shape index (κ1) is 20.8. The second-order valence-electron chi connectivity index (χ2n) is 4.65. The van der Waals surface area contributed by atoms with E-state index < -0.39 is 0 Å². The minimum Gasteiger partial charge on any atom is -0.381 e. The van der Waals surface area contributed by atoms with E-state index in [9.17, 15) is 0 Å². The van der Waals surface area contributed by atoms with E-state index in [2.05, 4.69) is 0 Å². The number of ether oxygens (including phenoxy) is 5. The molecule has 0 aliphatic rings. The average molecular weight is 306 g/mol. The molecule has 128 valence electrons. The maximum Gasteiger partial charge on any atom is 0.0700 e. The van der Waals surface area contributed by atoms with E-state index in [1.807, 2.05) is 13.8 Å². The molecule has 0 unspecified atom stereocenters. The van der Waals surface area contributed by atoms with E-state index in [0.717, 1.165) is 65.3 Å². The molecule has 0 bridgehead atoms. The zero-order valence-electron chi connectivity index (χ0n) is 13.9. The van der Waals surface area contributed by atoms with Crippen LogP contribution in [0.5, 0.6) is 0 Å². The molecule has 0 radical (unpaired) electrons. The van der Waals surface area contributed by atoms with E-state index >= 15 is 0 Å². The van der Waals surface area contributed by atoms with Gasteiger partial charge in [-0.25, -0.2) is 0 Å². The third kappa shape index (κ3) is 19.8. The molecule has 0 spiro atoms.